The molecule has 0 amide bonds. The van der Waals surface area contributed by atoms with Gasteiger partial charge in [0.25, 0.3) is 0 Å². The summed E-state index contributed by atoms with van der Waals surface area (Å²) >= 11 is 0. The molecular weight excluding hydrogens is 366 g/mol. The van der Waals surface area contributed by atoms with Gasteiger partial charge in [0.05, 0.1) is 30.8 Å². The molecule has 7 heteroatoms. The van der Waals surface area contributed by atoms with E-state index in [1.54, 1.807) is 11.7 Å². The highest BCUT2D eigenvalue weighted by atomic mass is 16.5. The van der Waals surface area contributed by atoms with Gasteiger partial charge < -0.3 is 20.3 Å². The quantitative estimate of drug-likeness (QED) is 0.712. The Morgan fingerprint density at radius 2 is 1.97 bits per heavy atom. The molecule has 2 aliphatic rings. The normalized spacial score (nSPS) is 23.7. The molecule has 3 heterocycles. The molecule has 5 rings (SSSR count). The van der Waals surface area contributed by atoms with Gasteiger partial charge in [-0.15, -0.1) is 0 Å². The van der Waals surface area contributed by atoms with E-state index >= 15 is 0 Å². The van der Waals surface area contributed by atoms with Crippen LogP contribution in [0, 0.1) is 0 Å². The van der Waals surface area contributed by atoms with E-state index in [-0.39, 0.29) is 17.3 Å². The zero-order valence-electron chi connectivity index (χ0n) is 16.7. The van der Waals surface area contributed by atoms with Crippen molar-refractivity contribution in [2.45, 2.75) is 25.0 Å². The van der Waals surface area contributed by atoms with Crippen LogP contribution < -0.4 is 26.0 Å². The minimum absolute atomic E-state index is 0.169. The maximum Gasteiger partial charge on any atom is 0.349 e. The highest BCUT2D eigenvalue weighted by Gasteiger charge is 2.44. The van der Waals surface area contributed by atoms with Crippen molar-refractivity contribution in [3.05, 3.63) is 59.0 Å². The van der Waals surface area contributed by atoms with Crippen molar-refractivity contribution in [2.24, 2.45) is 0 Å². The molecule has 7 nitrogen and oxygen atoms in total. The van der Waals surface area contributed by atoms with Crippen molar-refractivity contribution < 1.29 is 4.74 Å². The van der Waals surface area contributed by atoms with Crippen LogP contribution in [0.4, 0.5) is 11.5 Å². The lowest BCUT2D eigenvalue weighted by Gasteiger charge is -2.46. The Balaban J connectivity index is 1.53. The number of methoxy groups -OCH3 is 1. The number of ether oxygens (including phenoxy) is 1. The molecule has 0 aliphatic carbocycles. The van der Waals surface area contributed by atoms with Crippen molar-refractivity contribution in [1.29, 1.82) is 0 Å². The highest BCUT2D eigenvalue weighted by Crippen LogP contribution is 2.36. The van der Waals surface area contributed by atoms with Crippen LogP contribution >= 0.6 is 0 Å². The first-order valence-corrected chi connectivity index (χ1v) is 9.98. The topological polar surface area (TPSA) is 71.4 Å². The summed E-state index contributed by atoms with van der Waals surface area (Å²) in [7, 11) is 1.68. The fourth-order valence-electron chi connectivity index (χ4n) is 4.64. The fraction of sp³-hybridized carbons (Fsp3) is 0.364. The SMILES string of the molecule is COc1ccc(N2CCNCC2C2(C)Cn3c(c4ccccc4nc3=O)N2)cc1. The van der Waals surface area contributed by atoms with E-state index in [2.05, 4.69) is 39.6 Å². The number of para-hydroxylation sites is 1. The predicted molar refractivity (Wildman–Crippen MR) is 115 cm³/mol. The van der Waals surface area contributed by atoms with Gasteiger partial charge in [-0.2, -0.15) is 4.98 Å². The number of anilines is 2. The average molecular weight is 391 g/mol. The van der Waals surface area contributed by atoms with Crippen LogP contribution in [0.25, 0.3) is 10.9 Å². The Hall–Kier alpha value is -3.06. The van der Waals surface area contributed by atoms with Crippen LogP contribution in [0.3, 0.4) is 0 Å². The second-order valence-corrected chi connectivity index (χ2v) is 8.00. The number of benzene rings is 2. The molecular formula is C22H25N5O2. The molecule has 2 unspecified atom stereocenters. The molecule has 0 bridgehead atoms. The van der Waals surface area contributed by atoms with Crippen molar-refractivity contribution in [1.82, 2.24) is 14.9 Å². The van der Waals surface area contributed by atoms with Crippen LogP contribution in [-0.2, 0) is 6.54 Å². The summed E-state index contributed by atoms with van der Waals surface area (Å²) in [6, 6.07) is 16.2. The number of nitrogens with zero attached hydrogens (tertiary/aromatic N) is 3. The van der Waals surface area contributed by atoms with Crippen molar-refractivity contribution in [2.75, 3.05) is 37.0 Å². The number of hydrogen-bond acceptors (Lipinski definition) is 6. The summed E-state index contributed by atoms with van der Waals surface area (Å²) in [5.41, 5.74) is 1.38. The van der Waals surface area contributed by atoms with Gasteiger partial charge in [0.15, 0.2) is 0 Å². The molecule has 2 atom stereocenters. The highest BCUT2D eigenvalue weighted by molar-refractivity contribution is 5.90. The van der Waals surface area contributed by atoms with Crippen LogP contribution in [0.1, 0.15) is 6.92 Å². The second kappa shape index (κ2) is 6.77. The van der Waals surface area contributed by atoms with E-state index < -0.39 is 0 Å². The van der Waals surface area contributed by atoms with Gasteiger partial charge in [-0.3, -0.25) is 4.57 Å². The van der Waals surface area contributed by atoms with E-state index in [0.29, 0.717) is 6.54 Å². The fourth-order valence-corrected chi connectivity index (χ4v) is 4.64. The number of rotatable bonds is 3. The lowest BCUT2D eigenvalue weighted by molar-refractivity contribution is 0.327. The van der Waals surface area contributed by atoms with Crippen molar-refractivity contribution in [3.63, 3.8) is 0 Å². The number of fused-ring (bicyclic) bond motifs is 3. The van der Waals surface area contributed by atoms with Gasteiger partial charge in [-0.1, -0.05) is 12.1 Å². The van der Waals surface area contributed by atoms with Gasteiger partial charge in [0.2, 0.25) is 0 Å². The summed E-state index contributed by atoms with van der Waals surface area (Å²) in [4.78, 5) is 19.4. The molecule has 150 valence electrons. The first-order valence-electron chi connectivity index (χ1n) is 9.98. The van der Waals surface area contributed by atoms with E-state index in [1.807, 2.05) is 36.4 Å². The molecule has 0 spiro atoms. The Morgan fingerprint density at radius 3 is 2.76 bits per heavy atom. The molecule has 3 aromatic rings. The molecule has 1 fully saturated rings. The number of hydrogen-bond donors (Lipinski definition) is 2. The zero-order valence-corrected chi connectivity index (χ0v) is 16.7. The smallest absolute Gasteiger partial charge is 0.349 e. The van der Waals surface area contributed by atoms with Crippen molar-refractivity contribution in [3.8, 4) is 5.75 Å². The second-order valence-electron chi connectivity index (χ2n) is 8.00. The number of nitrogens with one attached hydrogen (secondary N) is 2. The van der Waals surface area contributed by atoms with E-state index in [0.717, 1.165) is 47.8 Å². The Morgan fingerprint density at radius 1 is 1.17 bits per heavy atom. The third-order valence-corrected chi connectivity index (χ3v) is 6.15. The van der Waals surface area contributed by atoms with Gasteiger partial charge >= 0.3 is 5.69 Å². The van der Waals surface area contributed by atoms with E-state index in [4.69, 9.17) is 4.74 Å². The van der Waals surface area contributed by atoms with Crippen molar-refractivity contribution >= 4 is 22.4 Å². The predicted octanol–water partition coefficient (Wildman–Crippen LogP) is 2.07. The Labute approximate surface area is 169 Å². The zero-order chi connectivity index (χ0) is 20.0. The van der Waals surface area contributed by atoms with E-state index in [9.17, 15) is 4.79 Å². The van der Waals surface area contributed by atoms with E-state index in [1.165, 1.54) is 0 Å². The molecule has 1 aromatic heterocycles. The first-order chi connectivity index (χ1) is 14.1. The minimum Gasteiger partial charge on any atom is -0.497 e. The van der Waals surface area contributed by atoms with Gasteiger partial charge in [0, 0.05) is 30.7 Å². The maximum atomic E-state index is 12.7. The summed E-state index contributed by atoms with van der Waals surface area (Å²) < 4.78 is 7.09. The maximum absolute atomic E-state index is 12.7. The number of piperazine rings is 1. The third-order valence-electron chi connectivity index (χ3n) is 6.15. The molecule has 0 radical (unpaired) electrons. The molecule has 2 aromatic carbocycles. The largest absolute Gasteiger partial charge is 0.497 e. The summed E-state index contributed by atoms with van der Waals surface area (Å²) in [6.45, 7) is 5.44. The average Bonchev–Trinajstić information content (AvgIpc) is 3.14. The summed E-state index contributed by atoms with van der Waals surface area (Å²) in [5.74, 6) is 1.71. The molecule has 2 aliphatic heterocycles. The summed E-state index contributed by atoms with van der Waals surface area (Å²) in [6.07, 6.45) is 0. The monoisotopic (exact) mass is 391 g/mol. The molecule has 1 saturated heterocycles. The lowest BCUT2D eigenvalue weighted by atomic mass is 9.89. The van der Waals surface area contributed by atoms with Crippen LogP contribution in [0.2, 0.25) is 0 Å². The Bertz CT molecular complexity index is 1110. The summed E-state index contributed by atoms with van der Waals surface area (Å²) in [5, 5.41) is 8.21. The van der Waals surface area contributed by atoms with Crippen LogP contribution in [-0.4, -0.2) is 47.9 Å². The standard InChI is InChI=1S/C22H25N5O2/c1-22(14-27-20(25-22)17-5-3-4-6-18(17)24-21(27)28)19-13-23-11-12-26(19)15-7-9-16(29-2)10-8-15/h3-10,19,23,25H,11-14H2,1-2H3. The lowest BCUT2D eigenvalue weighted by Crippen LogP contribution is -2.64. The van der Waals surface area contributed by atoms with Crippen LogP contribution in [0.5, 0.6) is 5.75 Å². The molecule has 2 N–H and O–H groups in total. The van der Waals surface area contributed by atoms with Gasteiger partial charge in [0.1, 0.15) is 11.6 Å². The third kappa shape index (κ3) is 2.93. The van der Waals surface area contributed by atoms with Gasteiger partial charge in [-0.05, 0) is 43.3 Å². The molecule has 0 saturated carbocycles. The molecule has 29 heavy (non-hydrogen) atoms. The van der Waals surface area contributed by atoms with Gasteiger partial charge in [-0.25, -0.2) is 4.79 Å². The Kier molecular flexibility index (Phi) is 4.20. The van der Waals surface area contributed by atoms with Crippen LogP contribution in [0.15, 0.2) is 53.3 Å². The number of aromatic nitrogens is 2. The minimum atomic E-state index is -0.314. The first kappa shape index (κ1) is 18.0.